The maximum Gasteiger partial charge on any atom is 0.180 e. The lowest BCUT2D eigenvalue weighted by Gasteiger charge is -1.87. The van der Waals surface area contributed by atoms with Crippen molar-refractivity contribution in [1.82, 2.24) is 12.7 Å². The van der Waals surface area contributed by atoms with E-state index in [9.17, 15) is 0 Å². The summed E-state index contributed by atoms with van der Waals surface area (Å²) in [6.07, 6.45) is 0. The molecule has 0 atom stereocenters. The number of aryl methyl sites for hydroxylation is 2. The molecule has 0 N–H and O–H groups in total. The molecule has 0 radical (unpaired) electrons. The van der Waals surface area contributed by atoms with Crippen LogP contribution in [0.2, 0.25) is 0 Å². The summed E-state index contributed by atoms with van der Waals surface area (Å²) in [5.41, 5.74) is 0.991. The quantitative estimate of drug-likeness (QED) is 0.693. The molecule has 0 unspecified atom stereocenters. The molecule has 2 heterocycles. The van der Waals surface area contributed by atoms with Gasteiger partial charge in [0.05, 0.1) is 27.9 Å². The molecule has 0 aliphatic rings. The minimum absolute atomic E-state index is 0.991. The third-order valence-corrected chi connectivity index (χ3v) is 3.44. The highest BCUT2D eigenvalue weighted by atomic mass is 127. The van der Waals surface area contributed by atoms with Gasteiger partial charge in [-0.3, -0.25) is 2.78 Å². The normalized spacial score (nSPS) is 11.2. The molecule has 2 aromatic heterocycles. The summed E-state index contributed by atoms with van der Waals surface area (Å²) in [6.45, 7) is 3.98. The summed E-state index contributed by atoms with van der Waals surface area (Å²) >= 11 is 3.85. The molecule has 0 fully saturated rings. The van der Waals surface area contributed by atoms with Crippen LogP contribution in [0.25, 0.3) is 10.5 Å². The zero-order valence-corrected chi connectivity index (χ0v) is 9.10. The zero-order valence-electron chi connectivity index (χ0n) is 6.13. The van der Waals surface area contributed by atoms with Gasteiger partial charge in [-0.2, -0.15) is 0 Å². The average Bonchev–Trinajstić information content (AvgIpc) is 2.37. The molecule has 0 saturated carbocycles. The van der Waals surface area contributed by atoms with Gasteiger partial charge in [0.25, 0.3) is 0 Å². The lowest BCUT2D eigenvalue weighted by Crippen LogP contribution is -1.83. The Hall–Kier alpha value is -0.170. The third-order valence-electron chi connectivity index (χ3n) is 1.43. The van der Waals surface area contributed by atoms with Crippen LogP contribution in [0, 0.1) is 13.8 Å². The fourth-order valence-corrected chi connectivity index (χ4v) is 2.38. The van der Waals surface area contributed by atoms with E-state index >= 15 is 0 Å². The summed E-state index contributed by atoms with van der Waals surface area (Å²) in [6, 6.07) is 0. The monoisotopic (exact) mass is 279 g/mol. The second kappa shape index (κ2) is 2.41. The van der Waals surface area contributed by atoms with Gasteiger partial charge in [-0.05, 0) is 13.8 Å². The molecule has 0 aliphatic heterocycles. The molecule has 2 rings (SSSR count). The largest absolute Gasteiger partial charge is 0.251 e. The van der Waals surface area contributed by atoms with Gasteiger partial charge in [0.1, 0.15) is 5.82 Å². The van der Waals surface area contributed by atoms with Crippen molar-refractivity contribution in [2.75, 3.05) is 0 Å². The maximum absolute atomic E-state index is 4.34. The van der Waals surface area contributed by atoms with Crippen LogP contribution < -0.4 is 0 Å². The lowest BCUT2D eigenvalue weighted by molar-refractivity contribution is 1.13. The Morgan fingerprint density at radius 2 is 2.09 bits per heavy atom. The van der Waals surface area contributed by atoms with Crippen molar-refractivity contribution in [3.8, 4) is 0 Å². The van der Waals surface area contributed by atoms with Gasteiger partial charge in [-0.15, -0.1) is 0 Å². The molecule has 0 aromatic carbocycles. The van der Waals surface area contributed by atoms with Crippen LogP contribution in [0.3, 0.4) is 0 Å². The smallest absolute Gasteiger partial charge is 0.180 e. The van der Waals surface area contributed by atoms with Crippen molar-refractivity contribution < 1.29 is 0 Å². The first-order chi connectivity index (χ1) is 5.18. The summed E-state index contributed by atoms with van der Waals surface area (Å²) in [5, 5.41) is 1.08. The molecule has 0 saturated heterocycles. The Bertz CT molecular complexity index is 403. The van der Waals surface area contributed by atoms with Crippen LogP contribution in [0.1, 0.15) is 10.8 Å². The topological polar surface area (TPSA) is 30.7 Å². The first kappa shape index (κ1) is 7.48. The van der Waals surface area contributed by atoms with Crippen molar-refractivity contribution >= 4 is 44.7 Å². The van der Waals surface area contributed by atoms with Crippen LogP contribution in [-0.2, 0) is 0 Å². The molecule has 58 valence electrons. The molecule has 3 nitrogen and oxygen atoms in total. The number of aromatic nitrogens is 3. The number of thiazole rings is 1. The highest BCUT2D eigenvalue weighted by molar-refractivity contribution is 14.1. The summed E-state index contributed by atoms with van der Waals surface area (Å²) in [5.74, 6) is 1.01. The van der Waals surface area contributed by atoms with Gasteiger partial charge >= 0.3 is 0 Å². The number of rotatable bonds is 0. The Morgan fingerprint density at radius 3 is 2.73 bits per heavy atom. The molecular weight excluding hydrogens is 273 g/mol. The minimum Gasteiger partial charge on any atom is -0.251 e. The molecule has 0 aliphatic carbocycles. The average molecular weight is 279 g/mol. The highest BCUT2D eigenvalue weighted by Gasteiger charge is 2.08. The first-order valence-corrected chi connectivity index (χ1v) is 4.95. The molecule has 11 heavy (non-hydrogen) atoms. The van der Waals surface area contributed by atoms with Crippen molar-refractivity contribution in [3.63, 3.8) is 0 Å². The Morgan fingerprint density at radius 1 is 1.36 bits per heavy atom. The minimum atomic E-state index is 0.991. The predicted molar refractivity (Wildman–Crippen MR) is 54.3 cm³/mol. The van der Waals surface area contributed by atoms with Crippen LogP contribution in [0.4, 0.5) is 0 Å². The van der Waals surface area contributed by atoms with Crippen molar-refractivity contribution in [2.45, 2.75) is 13.8 Å². The second-order valence-corrected chi connectivity index (χ2v) is 4.45. The zero-order chi connectivity index (χ0) is 8.01. The van der Waals surface area contributed by atoms with Crippen LogP contribution >= 0.6 is 34.2 Å². The van der Waals surface area contributed by atoms with Crippen LogP contribution in [0.15, 0.2) is 0 Å². The fraction of sp³-hybridized carbons (Fsp3) is 0.333. The number of imidazole rings is 1. The van der Waals surface area contributed by atoms with E-state index in [1.165, 1.54) is 0 Å². The maximum atomic E-state index is 4.34. The van der Waals surface area contributed by atoms with E-state index in [4.69, 9.17) is 0 Å². The Kier molecular flexibility index (Phi) is 1.64. The Balaban J connectivity index is 2.88. The molecule has 2 aromatic rings. The van der Waals surface area contributed by atoms with Gasteiger partial charge in [-0.25, -0.2) is 9.97 Å². The summed E-state index contributed by atoms with van der Waals surface area (Å²) in [7, 11) is 0. The molecular formula is C6H6IN3S. The van der Waals surface area contributed by atoms with Crippen LogP contribution in [0.5, 0.6) is 0 Å². The number of halogens is 1. The number of nitrogens with zero attached hydrogens (tertiary/aromatic N) is 3. The molecule has 0 bridgehead atoms. The number of hydrogen-bond acceptors (Lipinski definition) is 3. The van der Waals surface area contributed by atoms with E-state index in [0.717, 1.165) is 21.3 Å². The van der Waals surface area contributed by atoms with Crippen molar-refractivity contribution in [3.05, 3.63) is 10.8 Å². The highest BCUT2D eigenvalue weighted by Crippen LogP contribution is 2.23. The SMILES string of the molecule is Cc1nc2c(nc(C)n2I)s1. The van der Waals surface area contributed by atoms with Gasteiger partial charge < -0.3 is 0 Å². The number of fused-ring (bicyclic) bond motifs is 1. The van der Waals surface area contributed by atoms with Gasteiger partial charge in [0.2, 0.25) is 0 Å². The van der Waals surface area contributed by atoms with E-state index in [1.54, 1.807) is 11.3 Å². The predicted octanol–water partition coefficient (Wildman–Crippen LogP) is 2.31. The van der Waals surface area contributed by atoms with E-state index in [-0.39, 0.29) is 0 Å². The van der Waals surface area contributed by atoms with E-state index in [1.807, 2.05) is 16.6 Å². The summed E-state index contributed by atoms with van der Waals surface area (Å²) in [4.78, 5) is 9.73. The first-order valence-electron chi connectivity index (χ1n) is 3.17. The van der Waals surface area contributed by atoms with Crippen molar-refractivity contribution in [1.29, 1.82) is 0 Å². The van der Waals surface area contributed by atoms with Gasteiger partial charge in [0, 0.05) is 0 Å². The van der Waals surface area contributed by atoms with Crippen molar-refractivity contribution in [2.24, 2.45) is 0 Å². The standard InChI is InChI=1S/C6H6IN3S/c1-3-8-6-5(10(3)7)9-4(2)11-6/h1-2H3. The molecule has 0 spiro atoms. The molecule has 5 heteroatoms. The fourth-order valence-electron chi connectivity index (χ4n) is 0.950. The van der Waals surface area contributed by atoms with E-state index < -0.39 is 0 Å². The summed E-state index contributed by atoms with van der Waals surface area (Å²) < 4.78 is 1.98. The van der Waals surface area contributed by atoms with E-state index in [2.05, 4.69) is 32.8 Å². The molecule has 0 amide bonds. The van der Waals surface area contributed by atoms with Crippen LogP contribution in [-0.4, -0.2) is 12.7 Å². The van der Waals surface area contributed by atoms with Gasteiger partial charge in [-0.1, -0.05) is 11.3 Å². The second-order valence-electron chi connectivity index (χ2n) is 2.30. The van der Waals surface area contributed by atoms with E-state index in [0.29, 0.717) is 0 Å². The lowest BCUT2D eigenvalue weighted by atomic mass is 10.7. The number of hydrogen-bond donors (Lipinski definition) is 0. The Labute approximate surface area is 82.0 Å². The van der Waals surface area contributed by atoms with Gasteiger partial charge in [0.15, 0.2) is 10.5 Å². The third kappa shape index (κ3) is 1.06.